The van der Waals surface area contributed by atoms with Gasteiger partial charge in [0.05, 0.1) is 0 Å². The lowest BCUT2D eigenvalue weighted by molar-refractivity contribution is 0.683. The first-order chi connectivity index (χ1) is 7.27. The zero-order chi connectivity index (χ0) is 11.1. The van der Waals surface area contributed by atoms with E-state index < -0.39 is 10.8 Å². The van der Waals surface area contributed by atoms with Crippen molar-refractivity contribution in [1.29, 1.82) is 0 Å². The Kier molecular flexibility index (Phi) is 5.10. The number of hydrogen-bond donors (Lipinski definition) is 1. The fraction of sp³-hybridized carbons (Fsp3) is 0.500. The van der Waals surface area contributed by atoms with E-state index in [1.54, 1.807) is 6.20 Å². The summed E-state index contributed by atoms with van der Waals surface area (Å²) in [6.07, 6.45) is 5.44. The van der Waals surface area contributed by atoms with E-state index in [0.717, 1.165) is 12.5 Å². The summed E-state index contributed by atoms with van der Waals surface area (Å²) in [4.78, 5) is 4.16. The lowest BCUT2D eigenvalue weighted by Crippen LogP contribution is -2.14. The summed E-state index contributed by atoms with van der Waals surface area (Å²) in [6, 6.07) is 0. The monoisotopic (exact) mass is 227 g/mol. The first kappa shape index (κ1) is 12.0. The summed E-state index contributed by atoms with van der Waals surface area (Å²) in [5.74, 6) is 2.18. The zero-order valence-corrected chi connectivity index (χ0v) is 9.80. The van der Waals surface area contributed by atoms with Crippen molar-refractivity contribution in [3.8, 4) is 0 Å². The fourth-order valence-electron chi connectivity index (χ4n) is 1.18. The third-order valence-electron chi connectivity index (χ3n) is 1.98. The van der Waals surface area contributed by atoms with Gasteiger partial charge >= 0.3 is 0 Å². The van der Waals surface area contributed by atoms with Crippen LogP contribution in [0.15, 0.2) is 25.0 Å². The topological polar surface area (TPSA) is 46.9 Å². The molecule has 1 N–H and O–H groups in total. The van der Waals surface area contributed by atoms with Gasteiger partial charge in [0, 0.05) is 47.8 Å². The molecular weight excluding hydrogens is 210 g/mol. The number of imidazole rings is 1. The Morgan fingerprint density at radius 1 is 1.73 bits per heavy atom. The first-order valence-electron chi connectivity index (χ1n) is 4.98. The van der Waals surface area contributed by atoms with Gasteiger partial charge in [0.15, 0.2) is 0 Å². The van der Waals surface area contributed by atoms with Crippen LogP contribution in [0.4, 0.5) is 5.95 Å². The second kappa shape index (κ2) is 6.40. The summed E-state index contributed by atoms with van der Waals surface area (Å²) in [6.45, 7) is 7.02. The third kappa shape index (κ3) is 3.87. The van der Waals surface area contributed by atoms with Crippen LogP contribution in [0, 0.1) is 0 Å². The molecule has 0 aliphatic carbocycles. The lowest BCUT2D eigenvalue weighted by atomic mass is 10.6. The van der Waals surface area contributed by atoms with Crippen LogP contribution < -0.4 is 5.32 Å². The predicted octanol–water partition coefficient (Wildman–Crippen LogP) is 1.25. The van der Waals surface area contributed by atoms with Gasteiger partial charge in [-0.2, -0.15) is 0 Å². The molecule has 0 aliphatic heterocycles. The molecule has 15 heavy (non-hydrogen) atoms. The van der Waals surface area contributed by atoms with E-state index in [9.17, 15) is 4.21 Å². The van der Waals surface area contributed by atoms with Crippen molar-refractivity contribution >= 4 is 16.7 Å². The number of rotatable bonds is 7. The highest BCUT2D eigenvalue weighted by atomic mass is 32.2. The molecule has 1 unspecified atom stereocenters. The van der Waals surface area contributed by atoms with Crippen molar-refractivity contribution in [2.45, 2.75) is 13.5 Å². The number of nitrogens with zero attached hydrogens (tertiary/aromatic N) is 2. The van der Waals surface area contributed by atoms with Crippen LogP contribution in [-0.4, -0.2) is 31.8 Å². The largest absolute Gasteiger partial charge is 0.355 e. The molecule has 1 atom stereocenters. The van der Waals surface area contributed by atoms with E-state index >= 15 is 0 Å². The predicted molar refractivity (Wildman–Crippen MR) is 64.5 cm³/mol. The van der Waals surface area contributed by atoms with Crippen molar-refractivity contribution in [2.24, 2.45) is 0 Å². The average Bonchev–Trinajstić information content (AvgIpc) is 2.66. The number of hydrogen-bond acceptors (Lipinski definition) is 3. The second-order valence-electron chi connectivity index (χ2n) is 3.05. The molecule has 84 valence electrons. The molecule has 4 nitrogen and oxygen atoms in total. The smallest absolute Gasteiger partial charge is 0.203 e. The summed E-state index contributed by atoms with van der Waals surface area (Å²) in [7, 11) is -0.719. The van der Waals surface area contributed by atoms with E-state index in [1.165, 1.54) is 0 Å². The standard InChI is InChI=1S/C10H17N3OS/c1-3-7-13-8-5-11-10(13)12-6-9-15(14)4-2/h3,5,8H,1,4,6-7,9H2,2H3,(H,11,12). The van der Waals surface area contributed by atoms with Gasteiger partial charge in [0.2, 0.25) is 5.95 Å². The quantitative estimate of drug-likeness (QED) is 0.713. The molecule has 0 spiro atoms. The highest BCUT2D eigenvalue weighted by Gasteiger charge is 2.01. The number of anilines is 1. The highest BCUT2D eigenvalue weighted by molar-refractivity contribution is 7.84. The molecule has 0 fully saturated rings. The van der Waals surface area contributed by atoms with E-state index in [1.807, 2.05) is 23.8 Å². The van der Waals surface area contributed by atoms with Crippen LogP contribution in [0.1, 0.15) is 6.92 Å². The lowest BCUT2D eigenvalue weighted by Gasteiger charge is -2.07. The molecule has 1 aromatic rings. The SMILES string of the molecule is C=CCn1ccnc1NCCS(=O)CC. The van der Waals surface area contributed by atoms with Crippen molar-refractivity contribution in [3.63, 3.8) is 0 Å². The molecule has 0 amide bonds. The van der Waals surface area contributed by atoms with E-state index in [4.69, 9.17) is 0 Å². The number of allylic oxidation sites excluding steroid dienone is 1. The maximum absolute atomic E-state index is 11.2. The molecule has 0 aliphatic rings. The van der Waals surface area contributed by atoms with Gasteiger partial charge in [-0.3, -0.25) is 4.21 Å². The van der Waals surface area contributed by atoms with Gasteiger partial charge in [0.25, 0.3) is 0 Å². The van der Waals surface area contributed by atoms with Crippen molar-refractivity contribution in [2.75, 3.05) is 23.4 Å². The van der Waals surface area contributed by atoms with Crippen LogP contribution in [0.25, 0.3) is 0 Å². The van der Waals surface area contributed by atoms with Gasteiger partial charge in [0.1, 0.15) is 0 Å². The Balaban J connectivity index is 2.39. The maximum Gasteiger partial charge on any atom is 0.203 e. The zero-order valence-electron chi connectivity index (χ0n) is 8.98. The van der Waals surface area contributed by atoms with Crippen molar-refractivity contribution in [1.82, 2.24) is 9.55 Å². The van der Waals surface area contributed by atoms with E-state index in [0.29, 0.717) is 18.1 Å². The highest BCUT2D eigenvalue weighted by Crippen LogP contribution is 2.03. The Hall–Kier alpha value is -1.10. The molecule has 0 saturated carbocycles. The van der Waals surface area contributed by atoms with Crippen molar-refractivity contribution in [3.05, 3.63) is 25.0 Å². The number of nitrogens with one attached hydrogen (secondary N) is 1. The summed E-state index contributed by atoms with van der Waals surface area (Å²) in [5, 5.41) is 3.15. The van der Waals surface area contributed by atoms with Crippen LogP contribution in [0.3, 0.4) is 0 Å². The summed E-state index contributed by atoms with van der Waals surface area (Å²) in [5.41, 5.74) is 0. The first-order valence-corrected chi connectivity index (χ1v) is 6.47. The van der Waals surface area contributed by atoms with Crippen LogP contribution in [0.5, 0.6) is 0 Å². The van der Waals surface area contributed by atoms with Gasteiger partial charge in [-0.25, -0.2) is 4.98 Å². The average molecular weight is 227 g/mol. The van der Waals surface area contributed by atoms with Gasteiger partial charge in [-0.1, -0.05) is 13.0 Å². The van der Waals surface area contributed by atoms with Crippen LogP contribution in [-0.2, 0) is 17.3 Å². The minimum Gasteiger partial charge on any atom is -0.355 e. The summed E-state index contributed by atoms with van der Waals surface area (Å²) >= 11 is 0. The molecule has 0 saturated heterocycles. The van der Waals surface area contributed by atoms with Crippen LogP contribution >= 0.6 is 0 Å². The maximum atomic E-state index is 11.2. The molecule has 5 heteroatoms. The second-order valence-corrected chi connectivity index (χ2v) is 4.92. The molecule has 1 aromatic heterocycles. The summed E-state index contributed by atoms with van der Waals surface area (Å²) < 4.78 is 13.1. The van der Waals surface area contributed by atoms with E-state index in [-0.39, 0.29) is 0 Å². The van der Waals surface area contributed by atoms with Gasteiger partial charge in [-0.05, 0) is 0 Å². The fourth-order valence-corrected chi connectivity index (χ4v) is 1.80. The number of aromatic nitrogens is 2. The van der Waals surface area contributed by atoms with Gasteiger partial charge in [-0.15, -0.1) is 6.58 Å². The Labute approximate surface area is 92.9 Å². The molecule has 0 radical (unpaired) electrons. The van der Waals surface area contributed by atoms with E-state index in [2.05, 4.69) is 16.9 Å². The normalized spacial score (nSPS) is 12.3. The van der Waals surface area contributed by atoms with Gasteiger partial charge < -0.3 is 9.88 Å². The third-order valence-corrected chi connectivity index (χ3v) is 3.28. The Bertz CT molecular complexity index is 335. The molecule has 1 rings (SSSR count). The van der Waals surface area contributed by atoms with Crippen molar-refractivity contribution < 1.29 is 4.21 Å². The minimum atomic E-state index is -0.719. The van der Waals surface area contributed by atoms with Crippen LogP contribution in [0.2, 0.25) is 0 Å². The Morgan fingerprint density at radius 3 is 3.20 bits per heavy atom. The Morgan fingerprint density at radius 2 is 2.53 bits per heavy atom. The molecule has 1 heterocycles. The minimum absolute atomic E-state index is 0.664. The molecule has 0 bridgehead atoms. The molecular formula is C10H17N3OS. The molecule has 0 aromatic carbocycles.